The largest absolute Gasteiger partial charge is 0.632 e. The SMILES string of the molecule is C[C@H](N[P+]1([O-])N(c2ccccc2)C[C@@H]2CCCN21)c1ccccc1. The minimum absolute atomic E-state index is 0.0441. The lowest BCUT2D eigenvalue weighted by Gasteiger charge is -2.41. The van der Waals surface area contributed by atoms with E-state index in [2.05, 4.69) is 45.6 Å². The van der Waals surface area contributed by atoms with Gasteiger partial charge >= 0.3 is 0 Å². The average Bonchev–Trinajstić information content (AvgIpc) is 3.19. The van der Waals surface area contributed by atoms with Crippen molar-refractivity contribution in [1.82, 2.24) is 9.76 Å². The fourth-order valence-corrected chi connectivity index (χ4v) is 7.00. The molecule has 2 saturated heterocycles. The van der Waals surface area contributed by atoms with Crippen molar-refractivity contribution < 1.29 is 4.89 Å². The number of rotatable bonds is 4. The van der Waals surface area contributed by atoms with E-state index in [1.165, 1.54) is 5.56 Å². The summed E-state index contributed by atoms with van der Waals surface area (Å²) < 4.78 is 4.33. The molecule has 2 aliphatic heterocycles. The Kier molecular flexibility index (Phi) is 4.31. The van der Waals surface area contributed by atoms with Crippen LogP contribution in [0, 0.1) is 0 Å². The maximum Gasteiger partial charge on any atom is 0.207 e. The van der Waals surface area contributed by atoms with Crippen molar-refractivity contribution in [1.29, 1.82) is 0 Å². The van der Waals surface area contributed by atoms with Gasteiger partial charge in [0.1, 0.15) is 0 Å². The molecule has 2 fully saturated rings. The highest BCUT2D eigenvalue weighted by Crippen LogP contribution is 2.63. The summed E-state index contributed by atoms with van der Waals surface area (Å²) in [6.07, 6.45) is 2.27. The van der Waals surface area contributed by atoms with Crippen LogP contribution in [0.3, 0.4) is 0 Å². The van der Waals surface area contributed by atoms with Gasteiger partial charge in [0.15, 0.2) is 0 Å². The van der Waals surface area contributed by atoms with E-state index in [9.17, 15) is 4.89 Å². The third-order valence-electron chi connectivity index (χ3n) is 5.12. The molecule has 2 aromatic rings. The summed E-state index contributed by atoms with van der Waals surface area (Å²) in [6.45, 7) is 3.86. The summed E-state index contributed by atoms with van der Waals surface area (Å²) in [5.41, 5.74) is 2.21. The van der Waals surface area contributed by atoms with Gasteiger partial charge < -0.3 is 4.89 Å². The van der Waals surface area contributed by atoms with Crippen LogP contribution in [0.15, 0.2) is 60.7 Å². The lowest BCUT2D eigenvalue weighted by molar-refractivity contribution is -0.184. The molecule has 24 heavy (non-hydrogen) atoms. The maximum atomic E-state index is 14.1. The van der Waals surface area contributed by atoms with Gasteiger partial charge in [0.25, 0.3) is 0 Å². The molecule has 4 nitrogen and oxygen atoms in total. The van der Waals surface area contributed by atoms with Crippen LogP contribution in [-0.4, -0.2) is 23.8 Å². The number of hydrogen-bond donors (Lipinski definition) is 1. The first-order chi connectivity index (χ1) is 11.7. The monoisotopic (exact) mass is 341 g/mol. The first-order valence-electron chi connectivity index (χ1n) is 8.71. The maximum absolute atomic E-state index is 14.1. The van der Waals surface area contributed by atoms with Gasteiger partial charge in [0.05, 0.1) is 24.3 Å². The number of anilines is 1. The minimum atomic E-state index is -2.81. The smallest absolute Gasteiger partial charge is 0.207 e. The fraction of sp³-hybridized carbons (Fsp3) is 0.368. The van der Waals surface area contributed by atoms with Gasteiger partial charge in [0, 0.05) is 6.54 Å². The molecule has 0 amide bonds. The number of para-hydroxylation sites is 1. The van der Waals surface area contributed by atoms with E-state index in [-0.39, 0.29) is 6.04 Å². The van der Waals surface area contributed by atoms with Crippen molar-refractivity contribution in [2.24, 2.45) is 0 Å². The van der Waals surface area contributed by atoms with E-state index >= 15 is 0 Å². The Balaban J connectivity index is 1.65. The molecule has 0 aliphatic carbocycles. The molecule has 2 heterocycles. The molecule has 2 aromatic carbocycles. The summed E-state index contributed by atoms with van der Waals surface area (Å²) in [4.78, 5) is 14.1. The Labute approximate surface area is 144 Å². The van der Waals surface area contributed by atoms with Crippen molar-refractivity contribution in [3.8, 4) is 0 Å². The van der Waals surface area contributed by atoms with Gasteiger partial charge in [-0.15, -0.1) is 4.67 Å². The first kappa shape index (κ1) is 16.0. The topological polar surface area (TPSA) is 41.6 Å². The van der Waals surface area contributed by atoms with Crippen molar-refractivity contribution in [2.45, 2.75) is 31.8 Å². The van der Waals surface area contributed by atoms with Gasteiger partial charge in [-0.3, -0.25) is 0 Å². The van der Waals surface area contributed by atoms with Crippen LogP contribution in [0.4, 0.5) is 5.69 Å². The molecule has 0 radical (unpaired) electrons. The van der Waals surface area contributed by atoms with E-state index in [4.69, 9.17) is 0 Å². The molecule has 126 valence electrons. The Morgan fingerprint density at radius 3 is 2.46 bits per heavy atom. The van der Waals surface area contributed by atoms with Crippen LogP contribution in [0.1, 0.15) is 31.4 Å². The number of nitrogens with one attached hydrogen (secondary N) is 1. The first-order valence-corrected chi connectivity index (χ1v) is 10.3. The van der Waals surface area contributed by atoms with Crippen LogP contribution in [0.25, 0.3) is 0 Å². The molecule has 0 spiro atoms. The number of hydrogen-bond acceptors (Lipinski definition) is 4. The van der Waals surface area contributed by atoms with E-state index in [1.807, 2.05) is 36.4 Å². The number of nitrogens with zero attached hydrogens (tertiary/aromatic N) is 2. The number of benzene rings is 2. The summed E-state index contributed by atoms with van der Waals surface area (Å²) in [6, 6.07) is 20.9. The van der Waals surface area contributed by atoms with Gasteiger partial charge in [-0.25, -0.2) is 4.67 Å². The molecule has 0 aromatic heterocycles. The highest BCUT2D eigenvalue weighted by molar-refractivity contribution is 7.66. The second-order valence-corrected chi connectivity index (χ2v) is 9.03. The van der Waals surface area contributed by atoms with Crippen molar-refractivity contribution >= 4 is 13.6 Å². The van der Waals surface area contributed by atoms with Crippen LogP contribution in [0.5, 0.6) is 0 Å². The minimum Gasteiger partial charge on any atom is -0.632 e. The molecule has 1 N–H and O–H groups in total. The Morgan fingerprint density at radius 1 is 1.08 bits per heavy atom. The molecule has 0 saturated carbocycles. The lowest BCUT2D eigenvalue weighted by Crippen LogP contribution is -2.43. The van der Waals surface area contributed by atoms with E-state index in [0.717, 1.165) is 31.6 Å². The predicted molar refractivity (Wildman–Crippen MR) is 98.4 cm³/mol. The summed E-state index contributed by atoms with van der Waals surface area (Å²) >= 11 is 0. The van der Waals surface area contributed by atoms with E-state index < -0.39 is 7.94 Å². The van der Waals surface area contributed by atoms with E-state index in [0.29, 0.717) is 6.04 Å². The van der Waals surface area contributed by atoms with Crippen molar-refractivity contribution in [2.75, 3.05) is 17.8 Å². The molecule has 0 bridgehead atoms. The zero-order chi connectivity index (χ0) is 16.6. The van der Waals surface area contributed by atoms with Crippen molar-refractivity contribution in [3.63, 3.8) is 0 Å². The standard InChI is InChI=1S/C19H24N3OP/c1-16(17-9-4-2-5-10-17)20-24(23)21-14-8-13-19(21)15-22(24)18-11-6-3-7-12-18/h2-7,9-12,16,19H,8,13-15H2,1H3,(H,20,23)/t16-,19-,24?/m0/s1. The second kappa shape index (κ2) is 6.45. The number of fused-ring (bicyclic) bond motifs is 1. The molecule has 2 aliphatic rings. The Bertz CT molecular complexity index is 684. The van der Waals surface area contributed by atoms with E-state index in [1.54, 1.807) is 0 Å². The van der Waals surface area contributed by atoms with Gasteiger partial charge in [-0.1, -0.05) is 48.5 Å². The summed E-state index contributed by atoms with van der Waals surface area (Å²) in [7, 11) is -2.81. The summed E-state index contributed by atoms with van der Waals surface area (Å²) in [5, 5.41) is 3.50. The van der Waals surface area contributed by atoms with Crippen LogP contribution in [0.2, 0.25) is 0 Å². The van der Waals surface area contributed by atoms with Gasteiger partial charge in [0.2, 0.25) is 7.94 Å². The second-order valence-electron chi connectivity index (χ2n) is 6.68. The normalized spacial score (nSPS) is 28.1. The van der Waals surface area contributed by atoms with Gasteiger partial charge in [-0.2, -0.15) is 5.09 Å². The summed E-state index contributed by atoms with van der Waals surface area (Å²) in [5.74, 6) is 0. The molecular formula is C19H24N3OP. The zero-order valence-corrected chi connectivity index (χ0v) is 14.9. The lowest BCUT2D eigenvalue weighted by atomic mass is 10.1. The molecule has 1 unspecified atom stereocenters. The zero-order valence-electron chi connectivity index (χ0n) is 14.0. The van der Waals surface area contributed by atoms with Crippen molar-refractivity contribution in [3.05, 3.63) is 66.2 Å². The van der Waals surface area contributed by atoms with Crippen LogP contribution < -0.4 is 14.7 Å². The predicted octanol–water partition coefficient (Wildman–Crippen LogP) is 3.36. The molecule has 5 heteroatoms. The van der Waals surface area contributed by atoms with Gasteiger partial charge in [-0.05, 0) is 37.5 Å². The molecule has 4 rings (SSSR count). The third-order valence-corrected chi connectivity index (χ3v) is 8.12. The molecular weight excluding hydrogens is 317 g/mol. The highest BCUT2D eigenvalue weighted by Gasteiger charge is 2.55. The highest BCUT2D eigenvalue weighted by atomic mass is 31.2. The molecule has 3 atom stereocenters. The van der Waals surface area contributed by atoms with Crippen LogP contribution >= 0.6 is 7.94 Å². The Morgan fingerprint density at radius 2 is 1.75 bits per heavy atom. The van der Waals surface area contributed by atoms with Crippen LogP contribution in [-0.2, 0) is 0 Å². The average molecular weight is 341 g/mol. The fourth-order valence-electron chi connectivity index (χ4n) is 3.89. The third kappa shape index (κ3) is 2.74. The quantitative estimate of drug-likeness (QED) is 0.866. The Hall–Kier alpha value is -1.45.